The van der Waals surface area contributed by atoms with Crippen LogP contribution < -0.4 is 0 Å². The molecular formula is C28H32N2S2. The molecule has 0 N–H and O–H groups in total. The molecule has 0 unspecified atom stereocenters. The van der Waals surface area contributed by atoms with Crippen molar-refractivity contribution >= 4 is 22.7 Å². The van der Waals surface area contributed by atoms with Crippen molar-refractivity contribution in [1.29, 1.82) is 0 Å². The Bertz CT molecular complexity index is 1040. The van der Waals surface area contributed by atoms with E-state index in [0.717, 1.165) is 13.0 Å². The Kier molecular flexibility index (Phi) is 8.30. The van der Waals surface area contributed by atoms with Gasteiger partial charge in [0.05, 0.1) is 0 Å². The van der Waals surface area contributed by atoms with Crippen molar-refractivity contribution in [2.45, 2.75) is 19.9 Å². The number of hydrogen-bond acceptors (Lipinski definition) is 4. The van der Waals surface area contributed by atoms with Crippen LogP contribution in [0.5, 0.6) is 0 Å². The molecule has 1 aliphatic heterocycles. The van der Waals surface area contributed by atoms with Crippen LogP contribution in [0.4, 0.5) is 0 Å². The molecule has 2 aromatic carbocycles. The molecule has 0 radical (unpaired) electrons. The molecule has 3 heterocycles. The summed E-state index contributed by atoms with van der Waals surface area (Å²) in [7, 11) is 2.20. The number of benzene rings is 2. The van der Waals surface area contributed by atoms with Crippen LogP contribution in [0.15, 0.2) is 84.2 Å². The van der Waals surface area contributed by atoms with Gasteiger partial charge < -0.3 is 4.90 Å². The minimum Gasteiger partial charge on any atom is -0.304 e. The highest BCUT2D eigenvalue weighted by atomic mass is 32.1. The van der Waals surface area contributed by atoms with Crippen molar-refractivity contribution in [3.63, 3.8) is 0 Å². The minimum atomic E-state index is 1.10. The van der Waals surface area contributed by atoms with Crippen LogP contribution in [0.25, 0.3) is 20.9 Å². The predicted molar refractivity (Wildman–Crippen MR) is 142 cm³/mol. The molecule has 2 aromatic heterocycles. The smallest absolute Gasteiger partial charge is 0.0346 e. The number of likely N-dealkylation sites (N-methyl/N-ethyl adjacent to an activating group) is 1. The molecule has 5 rings (SSSR count). The molecule has 0 amide bonds. The molecule has 1 saturated heterocycles. The Labute approximate surface area is 200 Å². The summed E-state index contributed by atoms with van der Waals surface area (Å²) in [6, 6.07) is 28.2. The quantitative estimate of drug-likeness (QED) is 0.312. The Hall–Kier alpha value is -2.24. The molecular weight excluding hydrogens is 428 g/mol. The third-order valence-corrected chi connectivity index (χ3v) is 7.90. The Morgan fingerprint density at radius 3 is 2.09 bits per heavy atom. The van der Waals surface area contributed by atoms with Crippen LogP contribution in [0.3, 0.4) is 0 Å². The molecule has 4 aromatic rings. The lowest BCUT2D eigenvalue weighted by Crippen LogP contribution is -2.43. The number of piperazine rings is 1. The van der Waals surface area contributed by atoms with Gasteiger partial charge in [0.25, 0.3) is 0 Å². The molecule has 0 atom stereocenters. The Morgan fingerprint density at radius 1 is 0.719 bits per heavy atom. The molecule has 32 heavy (non-hydrogen) atoms. The summed E-state index contributed by atoms with van der Waals surface area (Å²) < 4.78 is 0. The number of aryl methyl sites for hydroxylation is 1. The van der Waals surface area contributed by atoms with Crippen molar-refractivity contribution in [2.24, 2.45) is 0 Å². The van der Waals surface area contributed by atoms with E-state index in [1.165, 1.54) is 57.5 Å². The molecule has 0 spiro atoms. The van der Waals surface area contributed by atoms with Crippen LogP contribution in [0.2, 0.25) is 0 Å². The predicted octanol–water partition coefficient (Wildman–Crippen LogP) is 7.14. The van der Waals surface area contributed by atoms with Crippen molar-refractivity contribution in [3.8, 4) is 20.9 Å². The van der Waals surface area contributed by atoms with E-state index in [9.17, 15) is 0 Å². The van der Waals surface area contributed by atoms with Crippen LogP contribution in [0.1, 0.15) is 17.4 Å². The first-order valence-corrected chi connectivity index (χ1v) is 13.1. The van der Waals surface area contributed by atoms with Crippen molar-refractivity contribution < 1.29 is 0 Å². The monoisotopic (exact) mass is 460 g/mol. The first kappa shape index (κ1) is 22.9. The number of thiophene rings is 2. The number of rotatable bonds is 5. The molecule has 0 aliphatic carbocycles. The normalized spacial score (nSPS) is 14.7. The van der Waals surface area contributed by atoms with Gasteiger partial charge >= 0.3 is 0 Å². The van der Waals surface area contributed by atoms with Gasteiger partial charge in [-0.25, -0.2) is 0 Å². The summed E-state index contributed by atoms with van der Waals surface area (Å²) in [4.78, 5) is 9.16. The van der Waals surface area contributed by atoms with Crippen LogP contribution in [-0.4, -0.2) is 43.0 Å². The van der Waals surface area contributed by atoms with E-state index in [1.54, 1.807) is 11.3 Å². The lowest BCUT2D eigenvalue weighted by atomic mass is 10.1. The third-order valence-electron chi connectivity index (χ3n) is 5.86. The maximum atomic E-state index is 2.56. The summed E-state index contributed by atoms with van der Waals surface area (Å²) in [5.41, 5.74) is 4.06. The van der Waals surface area contributed by atoms with Gasteiger partial charge in [-0.15, -0.1) is 22.7 Å². The lowest BCUT2D eigenvalue weighted by Gasteiger charge is -2.31. The first-order valence-electron chi connectivity index (χ1n) is 11.4. The largest absolute Gasteiger partial charge is 0.304 e. The zero-order valence-electron chi connectivity index (χ0n) is 19.0. The fraction of sp³-hybridized carbons (Fsp3) is 0.286. The minimum absolute atomic E-state index is 1.10. The zero-order valence-corrected chi connectivity index (χ0v) is 20.7. The maximum absolute atomic E-state index is 2.56. The van der Waals surface area contributed by atoms with Crippen LogP contribution in [-0.2, 0) is 13.0 Å². The van der Waals surface area contributed by atoms with Gasteiger partial charge in [0, 0.05) is 47.4 Å². The van der Waals surface area contributed by atoms with Crippen LogP contribution >= 0.6 is 22.7 Å². The van der Waals surface area contributed by atoms with Crippen LogP contribution in [0, 0.1) is 0 Å². The van der Waals surface area contributed by atoms with Crippen molar-refractivity contribution in [1.82, 2.24) is 9.80 Å². The average molecular weight is 461 g/mol. The Morgan fingerprint density at radius 2 is 1.44 bits per heavy atom. The van der Waals surface area contributed by atoms with Gasteiger partial charge in [0.1, 0.15) is 0 Å². The van der Waals surface area contributed by atoms with Gasteiger partial charge in [0.2, 0.25) is 0 Å². The highest BCUT2D eigenvalue weighted by Gasteiger charge is 2.14. The van der Waals surface area contributed by atoms with E-state index in [4.69, 9.17) is 0 Å². The van der Waals surface area contributed by atoms with Gasteiger partial charge in [-0.05, 0) is 53.7 Å². The van der Waals surface area contributed by atoms with Crippen molar-refractivity contribution in [3.05, 3.63) is 94.7 Å². The summed E-state index contributed by atoms with van der Waals surface area (Å²) in [6.07, 6.45) is 1.12. The molecule has 4 heteroatoms. The van der Waals surface area contributed by atoms with E-state index in [2.05, 4.69) is 108 Å². The summed E-state index contributed by atoms with van der Waals surface area (Å²) >= 11 is 3.71. The second kappa shape index (κ2) is 11.6. The van der Waals surface area contributed by atoms with E-state index in [-0.39, 0.29) is 0 Å². The number of hydrogen-bond donors (Lipinski definition) is 0. The molecule has 1 aliphatic rings. The number of nitrogens with zero attached hydrogens (tertiary/aromatic N) is 2. The lowest BCUT2D eigenvalue weighted by molar-refractivity contribution is 0.149. The first-order chi connectivity index (χ1) is 15.7. The maximum Gasteiger partial charge on any atom is 0.0346 e. The molecule has 2 nitrogen and oxygen atoms in total. The summed E-state index contributed by atoms with van der Waals surface area (Å²) in [6.45, 7) is 8.05. The van der Waals surface area contributed by atoms with Crippen molar-refractivity contribution in [2.75, 3.05) is 33.2 Å². The van der Waals surface area contributed by atoms with E-state index >= 15 is 0 Å². The molecule has 166 valence electrons. The standard InChI is InChI=1S/C16H20N2S.C12H12S/c1-17-9-11-18(12-10-17)13-15-7-8-16(19-15)14-5-3-2-4-6-14;1-2-10-5-7-11(8-6-10)12-4-3-9-13-12/h2-8H,9-13H2,1H3;3-9H,2H2,1H3. The van der Waals surface area contributed by atoms with E-state index in [1.807, 2.05) is 11.3 Å². The third kappa shape index (κ3) is 6.39. The molecule has 1 fully saturated rings. The zero-order chi connectivity index (χ0) is 22.2. The van der Waals surface area contributed by atoms with Gasteiger partial charge in [-0.2, -0.15) is 0 Å². The van der Waals surface area contributed by atoms with Gasteiger partial charge in [0.15, 0.2) is 0 Å². The second-order valence-electron chi connectivity index (χ2n) is 8.24. The van der Waals surface area contributed by atoms with Gasteiger partial charge in [-0.3, -0.25) is 4.90 Å². The van der Waals surface area contributed by atoms with Gasteiger partial charge in [-0.1, -0.05) is 67.6 Å². The fourth-order valence-electron chi connectivity index (χ4n) is 3.79. The highest BCUT2D eigenvalue weighted by molar-refractivity contribution is 7.15. The molecule has 0 bridgehead atoms. The SMILES string of the molecule is CCc1ccc(-c2cccs2)cc1.CN1CCN(Cc2ccc(-c3ccccc3)s2)CC1. The van der Waals surface area contributed by atoms with E-state index < -0.39 is 0 Å². The highest BCUT2D eigenvalue weighted by Crippen LogP contribution is 2.28. The summed E-state index contributed by atoms with van der Waals surface area (Å²) in [5, 5.41) is 2.11. The fourth-order valence-corrected chi connectivity index (χ4v) is 5.58. The van der Waals surface area contributed by atoms with E-state index in [0.29, 0.717) is 0 Å². The Balaban J connectivity index is 0.000000165. The average Bonchev–Trinajstić information content (AvgIpc) is 3.54. The topological polar surface area (TPSA) is 6.48 Å². The second-order valence-corrected chi connectivity index (χ2v) is 10.4. The summed E-state index contributed by atoms with van der Waals surface area (Å²) in [5.74, 6) is 0. The molecule has 0 saturated carbocycles.